The van der Waals surface area contributed by atoms with Gasteiger partial charge >= 0.3 is 0 Å². The Hall–Kier alpha value is -2.13. The van der Waals surface area contributed by atoms with E-state index in [1.165, 1.54) is 29.8 Å². The van der Waals surface area contributed by atoms with E-state index in [-0.39, 0.29) is 17.4 Å². The van der Waals surface area contributed by atoms with E-state index in [1.807, 2.05) is 24.3 Å². The molecule has 0 bridgehead atoms. The molecule has 28 heavy (non-hydrogen) atoms. The van der Waals surface area contributed by atoms with Gasteiger partial charge in [-0.15, -0.1) is 0 Å². The quantitative estimate of drug-likeness (QED) is 0.716. The van der Waals surface area contributed by atoms with Crippen LogP contribution in [0.15, 0.2) is 53.4 Å². The summed E-state index contributed by atoms with van der Waals surface area (Å²) in [6.07, 6.45) is 0. The Morgan fingerprint density at radius 2 is 1.61 bits per heavy atom. The summed E-state index contributed by atoms with van der Waals surface area (Å²) >= 11 is 5.90. The summed E-state index contributed by atoms with van der Waals surface area (Å²) in [5.41, 5.74) is 1.18. The van der Waals surface area contributed by atoms with Gasteiger partial charge in [-0.3, -0.25) is 14.2 Å². The van der Waals surface area contributed by atoms with Crippen LogP contribution in [0.3, 0.4) is 0 Å². The van der Waals surface area contributed by atoms with Crippen LogP contribution in [0.1, 0.15) is 5.56 Å². The van der Waals surface area contributed by atoms with Crippen molar-refractivity contribution in [2.24, 2.45) is 0 Å². The smallest absolute Gasteiger partial charge is 0.294 e. The third kappa shape index (κ3) is 5.68. The summed E-state index contributed by atoms with van der Waals surface area (Å²) in [6, 6.07) is 13.0. The molecule has 7 nitrogen and oxygen atoms in total. The van der Waals surface area contributed by atoms with E-state index in [9.17, 15) is 13.2 Å². The largest absolute Gasteiger partial charge is 0.484 e. The molecular formula is C19H21ClN2O5S. The number of nitrogens with zero attached hydrogens (tertiary/aromatic N) is 2. The minimum absolute atomic E-state index is 0.120. The number of carbonyl (C=O) groups excluding carboxylic acids is 1. The van der Waals surface area contributed by atoms with Gasteiger partial charge in [-0.05, 0) is 42.0 Å². The second-order valence-corrected chi connectivity index (χ2v) is 8.38. The first-order valence-electron chi connectivity index (χ1n) is 8.76. The molecule has 1 saturated heterocycles. The molecule has 9 heteroatoms. The summed E-state index contributed by atoms with van der Waals surface area (Å²) in [5, 5.41) is 0.715. The van der Waals surface area contributed by atoms with Gasteiger partial charge in [-0.2, -0.15) is 8.42 Å². The van der Waals surface area contributed by atoms with Crippen LogP contribution in [-0.2, 0) is 21.5 Å². The Morgan fingerprint density at radius 3 is 2.18 bits per heavy atom. The molecule has 150 valence electrons. The highest BCUT2D eigenvalue weighted by molar-refractivity contribution is 7.85. The molecule has 1 aliphatic rings. The molecule has 1 aliphatic heterocycles. The van der Waals surface area contributed by atoms with Crippen LogP contribution >= 0.6 is 11.6 Å². The molecule has 0 spiro atoms. The number of hydrogen-bond donors (Lipinski definition) is 1. The van der Waals surface area contributed by atoms with Crippen molar-refractivity contribution in [2.75, 3.05) is 32.8 Å². The summed E-state index contributed by atoms with van der Waals surface area (Å²) < 4.78 is 36.4. The van der Waals surface area contributed by atoms with Crippen LogP contribution in [0.5, 0.6) is 5.75 Å². The highest BCUT2D eigenvalue weighted by Crippen LogP contribution is 2.16. The highest BCUT2D eigenvalue weighted by atomic mass is 35.5. The third-order valence-electron chi connectivity index (χ3n) is 4.53. The van der Waals surface area contributed by atoms with Gasteiger partial charge in [0.15, 0.2) is 6.61 Å². The molecule has 2 aromatic rings. The van der Waals surface area contributed by atoms with Crippen molar-refractivity contribution in [3.63, 3.8) is 0 Å². The first-order chi connectivity index (χ1) is 13.3. The molecule has 2 aromatic carbocycles. The van der Waals surface area contributed by atoms with E-state index >= 15 is 0 Å². The van der Waals surface area contributed by atoms with Gasteiger partial charge in [0.2, 0.25) is 0 Å². The van der Waals surface area contributed by atoms with E-state index in [0.29, 0.717) is 23.9 Å². The molecule has 0 saturated carbocycles. The van der Waals surface area contributed by atoms with Crippen molar-refractivity contribution in [1.82, 2.24) is 9.80 Å². The number of hydrogen-bond acceptors (Lipinski definition) is 5. The molecule has 1 amide bonds. The molecular weight excluding hydrogens is 404 g/mol. The predicted octanol–water partition coefficient (Wildman–Crippen LogP) is 2.31. The van der Waals surface area contributed by atoms with Gasteiger partial charge in [-0.25, -0.2) is 0 Å². The maximum absolute atomic E-state index is 12.3. The van der Waals surface area contributed by atoms with E-state index in [0.717, 1.165) is 19.6 Å². The van der Waals surface area contributed by atoms with Gasteiger partial charge in [-0.1, -0.05) is 23.7 Å². The second-order valence-electron chi connectivity index (χ2n) is 6.52. The maximum Gasteiger partial charge on any atom is 0.294 e. The average molecular weight is 425 g/mol. The molecule has 0 radical (unpaired) electrons. The number of halogens is 1. The average Bonchev–Trinajstić information content (AvgIpc) is 2.68. The van der Waals surface area contributed by atoms with Crippen LogP contribution in [0.25, 0.3) is 0 Å². The monoisotopic (exact) mass is 424 g/mol. The Morgan fingerprint density at radius 1 is 1.00 bits per heavy atom. The number of benzene rings is 2. The van der Waals surface area contributed by atoms with Gasteiger partial charge in [0.05, 0.1) is 4.90 Å². The van der Waals surface area contributed by atoms with Gasteiger partial charge < -0.3 is 9.64 Å². The second kappa shape index (κ2) is 8.91. The number of ether oxygens (including phenoxy) is 1. The number of piperazine rings is 1. The summed E-state index contributed by atoms with van der Waals surface area (Å²) in [4.78, 5) is 16.1. The Kier molecular flexibility index (Phi) is 6.56. The predicted molar refractivity (Wildman–Crippen MR) is 105 cm³/mol. The van der Waals surface area contributed by atoms with Crippen molar-refractivity contribution in [3.8, 4) is 5.75 Å². The Bertz CT molecular complexity index is 908. The number of rotatable bonds is 6. The van der Waals surface area contributed by atoms with Crippen molar-refractivity contribution >= 4 is 27.6 Å². The van der Waals surface area contributed by atoms with Gasteiger partial charge in [0, 0.05) is 37.7 Å². The number of amides is 1. The first kappa shape index (κ1) is 20.6. The lowest BCUT2D eigenvalue weighted by Gasteiger charge is -2.34. The fourth-order valence-corrected chi connectivity index (χ4v) is 3.55. The summed E-state index contributed by atoms with van der Waals surface area (Å²) in [6.45, 7) is 3.49. The SMILES string of the molecule is O=C(COc1ccc(S(=O)(=O)O)cc1)N1CCN(Cc2ccc(Cl)cc2)CC1. The third-order valence-corrected chi connectivity index (χ3v) is 5.65. The van der Waals surface area contributed by atoms with Gasteiger partial charge in [0.1, 0.15) is 5.75 Å². The molecule has 1 fully saturated rings. The van der Waals surface area contributed by atoms with Crippen molar-refractivity contribution < 1.29 is 22.5 Å². The van der Waals surface area contributed by atoms with Crippen molar-refractivity contribution in [3.05, 3.63) is 59.1 Å². The van der Waals surface area contributed by atoms with Crippen LogP contribution in [0.4, 0.5) is 0 Å². The standard InChI is InChI=1S/C19H21ClN2O5S/c20-16-3-1-15(2-4-16)13-21-9-11-22(12-10-21)19(23)14-27-17-5-7-18(8-6-17)28(24,25)26/h1-8H,9-14H2,(H,24,25,26). The molecule has 0 unspecified atom stereocenters. The molecule has 0 aliphatic carbocycles. The zero-order chi connectivity index (χ0) is 20.1. The van der Waals surface area contributed by atoms with Crippen LogP contribution < -0.4 is 4.74 Å². The molecule has 1 N–H and O–H groups in total. The number of carbonyl (C=O) groups is 1. The molecule has 3 rings (SSSR count). The van der Waals surface area contributed by atoms with Crippen LogP contribution in [-0.4, -0.2) is 61.5 Å². The Balaban J connectivity index is 1.44. The maximum atomic E-state index is 12.3. The fraction of sp³-hybridized carbons (Fsp3) is 0.316. The topological polar surface area (TPSA) is 87.1 Å². The first-order valence-corrected chi connectivity index (χ1v) is 10.6. The van der Waals surface area contributed by atoms with Crippen LogP contribution in [0, 0.1) is 0 Å². The van der Waals surface area contributed by atoms with Gasteiger partial charge in [0.25, 0.3) is 16.0 Å². The van der Waals surface area contributed by atoms with Crippen LogP contribution in [0.2, 0.25) is 5.02 Å². The van der Waals surface area contributed by atoms with E-state index < -0.39 is 10.1 Å². The summed E-state index contributed by atoms with van der Waals surface area (Å²) in [5.74, 6) is 0.243. The van der Waals surface area contributed by atoms with E-state index in [1.54, 1.807) is 4.90 Å². The minimum Gasteiger partial charge on any atom is -0.484 e. The molecule has 0 aromatic heterocycles. The lowest BCUT2D eigenvalue weighted by atomic mass is 10.2. The van der Waals surface area contributed by atoms with Crippen molar-refractivity contribution in [1.29, 1.82) is 0 Å². The Labute approximate surface area is 169 Å². The van der Waals surface area contributed by atoms with E-state index in [4.69, 9.17) is 20.9 Å². The fourth-order valence-electron chi connectivity index (χ4n) is 2.95. The normalized spacial score (nSPS) is 15.4. The minimum atomic E-state index is -4.24. The summed E-state index contributed by atoms with van der Waals surface area (Å²) in [7, 11) is -4.24. The zero-order valence-electron chi connectivity index (χ0n) is 15.1. The lowest BCUT2D eigenvalue weighted by Crippen LogP contribution is -2.49. The molecule has 0 atom stereocenters. The zero-order valence-corrected chi connectivity index (χ0v) is 16.7. The molecule has 1 heterocycles. The lowest BCUT2D eigenvalue weighted by molar-refractivity contribution is -0.135. The highest BCUT2D eigenvalue weighted by Gasteiger charge is 2.21. The van der Waals surface area contributed by atoms with Crippen molar-refractivity contribution in [2.45, 2.75) is 11.4 Å². The van der Waals surface area contributed by atoms with E-state index in [2.05, 4.69) is 4.90 Å².